The second-order valence-corrected chi connectivity index (χ2v) is 5.09. The number of aryl methyl sites for hydroxylation is 1. The second kappa shape index (κ2) is 5.38. The van der Waals surface area contributed by atoms with Crippen LogP contribution in [0.5, 0.6) is 0 Å². The maximum absolute atomic E-state index is 13.3. The van der Waals surface area contributed by atoms with Crippen LogP contribution in [0, 0.1) is 5.82 Å². The van der Waals surface area contributed by atoms with Crippen molar-refractivity contribution < 1.29 is 9.50 Å². The molecule has 2 aromatic rings. The van der Waals surface area contributed by atoms with Gasteiger partial charge in [-0.3, -0.25) is 4.68 Å². The third-order valence-electron chi connectivity index (χ3n) is 2.59. The van der Waals surface area contributed by atoms with Crippen LogP contribution in [0.1, 0.15) is 24.3 Å². The molecule has 1 N–H and O–H groups in total. The van der Waals surface area contributed by atoms with Gasteiger partial charge < -0.3 is 5.11 Å². The van der Waals surface area contributed by atoms with Gasteiger partial charge in [-0.1, -0.05) is 11.6 Å². The van der Waals surface area contributed by atoms with Crippen LogP contribution in [-0.4, -0.2) is 14.9 Å². The van der Waals surface area contributed by atoms with E-state index >= 15 is 0 Å². The highest BCUT2D eigenvalue weighted by Crippen LogP contribution is 2.30. The summed E-state index contributed by atoms with van der Waals surface area (Å²) in [5.74, 6) is -0.477. The number of benzene rings is 1. The Morgan fingerprint density at radius 3 is 2.83 bits per heavy atom. The zero-order valence-electron chi connectivity index (χ0n) is 9.57. The van der Waals surface area contributed by atoms with Crippen LogP contribution in [-0.2, 0) is 6.54 Å². The van der Waals surface area contributed by atoms with E-state index in [1.165, 1.54) is 18.2 Å². The first-order chi connectivity index (χ1) is 8.52. The lowest BCUT2D eigenvalue weighted by atomic mass is 10.1. The predicted octanol–water partition coefficient (Wildman–Crippen LogP) is 3.54. The summed E-state index contributed by atoms with van der Waals surface area (Å²) in [6.45, 7) is 2.52. The van der Waals surface area contributed by atoms with Gasteiger partial charge in [0.1, 0.15) is 11.9 Å². The first kappa shape index (κ1) is 13.5. The smallest absolute Gasteiger partial charge is 0.125 e. The third kappa shape index (κ3) is 2.58. The molecule has 0 aliphatic heterocycles. The number of nitrogens with zero attached hydrogens (tertiary/aromatic N) is 2. The average molecular weight is 334 g/mol. The minimum atomic E-state index is -0.977. The molecule has 0 amide bonds. The van der Waals surface area contributed by atoms with Gasteiger partial charge in [-0.25, -0.2) is 4.39 Å². The standard InChI is InChI=1S/C12H11BrClFN2O/c1-2-17-11(10(13)6-16-17)12(18)7-3-8(14)5-9(15)4-7/h3-6,12,18H,2H2,1H3. The Labute approximate surface area is 117 Å². The molecule has 1 unspecified atom stereocenters. The SMILES string of the molecule is CCn1ncc(Br)c1C(O)c1cc(F)cc(Cl)c1. The van der Waals surface area contributed by atoms with Crippen LogP contribution >= 0.6 is 27.5 Å². The highest BCUT2D eigenvalue weighted by atomic mass is 79.9. The van der Waals surface area contributed by atoms with Crippen LogP contribution < -0.4 is 0 Å². The topological polar surface area (TPSA) is 38.0 Å². The number of hydrogen-bond donors (Lipinski definition) is 1. The number of halogens is 3. The molecular formula is C12H11BrClFN2O. The molecule has 1 atom stereocenters. The largest absolute Gasteiger partial charge is 0.382 e. The quantitative estimate of drug-likeness (QED) is 0.933. The minimum Gasteiger partial charge on any atom is -0.382 e. The maximum atomic E-state index is 13.3. The summed E-state index contributed by atoms with van der Waals surface area (Å²) in [5.41, 5.74) is 0.982. The first-order valence-electron chi connectivity index (χ1n) is 5.38. The van der Waals surface area contributed by atoms with Gasteiger partial charge in [0.15, 0.2) is 0 Å². The lowest BCUT2D eigenvalue weighted by Gasteiger charge is -2.14. The zero-order chi connectivity index (χ0) is 13.3. The number of hydrogen-bond acceptors (Lipinski definition) is 2. The van der Waals surface area contributed by atoms with Crippen molar-refractivity contribution in [2.75, 3.05) is 0 Å². The molecule has 0 aliphatic carbocycles. The van der Waals surface area contributed by atoms with Crippen molar-refractivity contribution >= 4 is 27.5 Å². The molecule has 18 heavy (non-hydrogen) atoms. The van der Waals surface area contributed by atoms with Crippen LogP contribution in [0.3, 0.4) is 0 Å². The first-order valence-corrected chi connectivity index (χ1v) is 6.55. The van der Waals surface area contributed by atoms with E-state index in [4.69, 9.17) is 11.6 Å². The molecule has 1 aromatic heterocycles. The normalized spacial score (nSPS) is 12.7. The molecule has 0 aliphatic rings. The van der Waals surface area contributed by atoms with E-state index in [2.05, 4.69) is 21.0 Å². The number of aromatic nitrogens is 2. The Morgan fingerprint density at radius 2 is 2.22 bits per heavy atom. The Kier molecular flexibility index (Phi) is 4.04. The summed E-state index contributed by atoms with van der Waals surface area (Å²) in [6, 6.07) is 3.99. The van der Waals surface area contributed by atoms with E-state index in [1.54, 1.807) is 10.9 Å². The molecule has 96 valence electrons. The number of aliphatic hydroxyl groups is 1. The molecule has 2 rings (SSSR count). The van der Waals surface area contributed by atoms with E-state index in [0.717, 1.165) is 0 Å². The van der Waals surface area contributed by atoms with Crippen molar-refractivity contribution in [2.24, 2.45) is 0 Å². The highest BCUT2D eigenvalue weighted by Gasteiger charge is 2.20. The molecular weight excluding hydrogens is 323 g/mol. The third-order valence-corrected chi connectivity index (χ3v) is 3.42. The van der Waals surface area contributed by atoms with E-state index in [-0.39, 0.29) is 5.02 Å². The van der Waals surface area contributed by atoms with Crippen molar-refractivity contribution in [2.45, 2.75) is 19.6 Å². The average Bonchev–Trinajstić information content (AvgIpc) is 2.68. The second-order valence-electron chi connectivity index (χ2n) is 3.80. The molecule has 1 heterocycles. The fraction of sp³-hybridized carbons (Fsp3) is 0.250. The monoisotopic (exact) mass is 332 g/mol. The van der Waals surface area contributed by atoms with Crippen molar-refractivity contribution in [1.82, 2.24) is 9.78 Å². The summed E-state index contributed by atoms with van der Waals surface area (Å²) in [6.07, 6.45) is 0.623. The molecule has 0 saturated heterocycles. The van der Waals surface area contributed by atoms with Crippen molar-refractivity contribution in [1.29, 1.82) is 0 Å². The van der Waals surface area contributed by atoms with E-state index in [9.17, 15) is 9.50 Å². The van der Waals surface area contributed by atoms with Gasteiger partial charge in [-0.2, -0.15) is 5.10 Å². The molecule has 1 aromatic carbocycles. The fourth-order valence-corrected chi connectivity index (χ4v) is 2.53. The van der Waals surface area contributed by atoms with Crippen molar-refractivity contribution in [3.8, 4) is 0 Å². The molecule has 0 spiro atoms. The van der Waals surface area contributed by atoms with Crippen LogP contribution in [0.15, 0.2) is 28.9 Å². The van der Waals surface area contributed by atoms with E-state index < -0.39 is 11.9 Å². The number of rotatable bonds is 3. The van der Waals surface area contributed by atoms with Gasteiger partial charge in [-0.15, -0.1) is 0 Å². The van der Waals surface area contributed by atoms with Gasteiger partial charge >= 0.3 is 0 Å². The summed E-state index contributed by atoms with van der Waals surface area (Å²) >= 11 is 9.11. The summed E-state index contributed by atoms with van der Waals surface area (Å²) in [4.78, 5) is 0. The van der Waals surface area contributed by atoms with Gasteiger partial charge in [0.2, 0.25) is 0 Å². The minimum absolute atomic E-state index is 0.253. The molecule has 0 bridgehead atoms. The molecule has 0 saturated carbocycles. The van der Waals surface area contributed by atoms with Crippen molar-refractivity contribution in [3.63, 3.8) is 0 Å². The lowest BCUT2D eigenvalue weighted by Crippen LogP contribution is -2.10. The molecule has 6 heteroatoms. The zero-order valence-corrected chi connectivity index (χ0v) is 11.9. The van der Waals surface area contributed by atoms with Crippen LogP contribution in [0.25, 0.3) is 0 Å². The molecule has 0 radical (unpaired) electrons. The highest BCUT2D eigenvalue weighted by molar-refractivity contribution is 9.10. The fourth-order valence-electron chi connectivity index (χ4n) is 1.79. The predicted molar refractivity (Wildman–Crippen MR) is 71.1 cm³/mol. The van der Waals surface area contributed by atoms with Crippen molar-refractivity contribution in [3.05, 3.63) is 51.0 Å². The van der Waals surface area contributed by atoms with Gasteiger partial charge in [-0.05, 0) is 46.6 Å². The Balaban J connectivity index is 2.47. The Hall–Kier alpha value is -0.910. The maximum Gasteiger partial charge on any atom is 0.125 e. The summed E-state index contributed by atoms with van der Waals surface area (Å²) in [5, 5.41) is 14.7. The summed E-state index contributed by atoms with van der Waals surface area (Å²) < 4.78 is 15.6. The van der Waals surface area contributed by atoms with Gasteiger partial charge in [0.05, 0.1) is 16.4 Å². The lowest BCUT2D eigenvalue weighted by molar-refractivity contribution is 0.206. The summed E-state index contributed by atoms with van der Waals surface area (Å²) in [7, 11) is 0. The Bertz CT molecular complexity index is 553. The van der Waals surface area contributed by atoms with E-state index in [0.29, 0.717) is 22.3 Å². The number of aliphatic hydroxyl groups excluding tert-OH is 1. The van der Waals surface area contributed by atoms with Crippen LogP contribution in [0.2, 0.25) is 5.02 Å². The molecule has 3 nitrogen and oxygen atoms in total. The van der Waals surface area contributed by atoms with Crippen LogP contribution in [0.4, 0.5) is 4.39 Å². The van der Waals surface area contributed by atoms with Gasteiger partial charge in [0, 0.05) is 11.6 Å². The Morgan fingerprint density at radius 1 is 1.50 bits per heavy atom. The molecule has 0 fully saturated rings. The van der Waals surface area contributed by atoms with Gasteiger partial charge in [0.25, 0.3) is 0 Å². The van der Waals surface area contributed by atoms with E-state index in [1.807, 2.05) is 6.92 Å².